The van der Waals surface area contributed by atoms with Crippen molar-refractivity contribution in [3.63, 3.8) is 0 Å². The van der Waals surface area contributed by atoms with Gasteiger partial charge in [0.25, 0.3) is 5.91 Å². The maximum Gasteiger partial charge on any atom is 0.319 e. The Hall–Kier alpha value is -3.76. The molecule has 0 saturated carbocycles. The normalized spacial score (nSPS) is 19.8. The molecule has 0 aromatic heterocycles. The minimum Gasteiger partial charge on any atom is -0.379 e. The van der Waals surface area contributed by atoms with Gasteiger partial charge in [-0.1, -0.05) is 12.1 Å². The smallest absolute Gasteiger partial charge is 0.319 e. The number of aryl methyl sites for hydroxylation is 1. The van der Waals surface area contributed by atoms with Crippen LogP contribution in [0, 0.1) is 13.8 Å². The van der Waals surface area contributed by atoms with Crippen LogP contribution < -0.4 is 16.0 Å². The molecule has 3 heterocycles. The lowest BCUT2D eigenvalue weighted by Crippen LogP contribution is -2.52. The summed E-state index contributed by atoms with van der Waals surface area (Å²) in [5.74, 6) is -0.972. The number of rotatable bonds is 6. The number of hydrogen-bond donors (Lipinski definition) is 3. The highest BCUT2D eigenvalue weighted by Gasteiger charge is 2.39. The summed E-state index contributed by atoms with van der Waals surface area (Å²) in [5, 5.41) is 8.12. The number of amides is 5. The highest BCUT2D eigenvalue weighted by molar-refractivity contribution is 6.05. The molecular formula is C28H33N5O5. The molecule has 0 aliphatic carbocycles. The number of urea groups is 1. The van der Waals surface area contributed by atoms with Gasteiger partial charge in [-0.25, -0.2) is 4.79 Å². The number of carbonyl (C=O) groups excluding carboxylic acids is 4. The molecule has 38 heavy (non-hydrogen) atoms. The first kappa shape index (κ1) is 25.9. The Bertz CT molecular complexity index is 1290. The largest absolute Gasteiger partial charge is 0.379 e. The highest BCUT2D eigenvalue weighted by Crippen LogP contribution is 2.28. The van der Waals surface area contributed by atoms with Crippen LogP contribution in [0.15, 0.2) is 30.3 Å². The zero-order chi connectivity index (χ0) is 26.8. The summed E-state index contributed by atoms with van der Waals surface area (Å²) >= 11 is 0. The zero-order valence-electron chi connectivity index (χ0n) is 21.8. The van der Waals surface area contributed by atoms with Gasteiger partial charge in [-0.05, 0) is 66.3 Å². The summed E-state index contributed by atoms with van der Waals surface area (Å²) in [4.78, 5) is 53.3. The zero-order valence-corrected chi connectivity index (χ0v) is 21.8. The van der Waals surface area contributed by atoms with Crippen LogP contribution in [0.1, 0.15) is 51.0 Å². The summed E-state index contributed by atoms with van der Waals surface area (Å²) in [6.07, 6.45) is 0.543. The summed E-state index contributed by atoms with van der Waals surface area (Å²) in [7, 11) is 0. The SMILES string of the molecule is Cc1cc(NC(=O)NCc2ccc3c(c2)C(=O)N(C2CCC(=O)NC2=O)C3)cc(CN2CCOCC2)c1C. The average molecular weight is 520 g/mol. The van der Waals surface area contributed by atoms with Crippen LogP contribution in [0.2, 0.25) is 0 Å². The Morgan fingerprint density at radius 3 is 2.66 bits per heavy atom. The van der Waals surface area contributed by atoms with E-state index in [-0.39, 0.29) is 30.8 Å². The number of ether oxygens (including phenoxy) is 1. The predicted molar refractivity (Wildman–Crippen MR) is 140 cm³/mol. The van der Waals surface area contributed by atoms with E-state index in [0.29, 0.717) is 18.5 Å². The van der Waals surface area contributed by atoms with Crippen molar-refractivity contribution < 1.29 is 23.9 Å². The number of morpholine rings is 1. The van der Waals surface area contributed by atoms with E-state index in [2.05, 4.69) is 27.8 Å². The van der Waals surface area contributed by atoms with E-state index in [9.17, 15) is 19.2 Å². The van der Waals surface area contributed by atoms with E-state index in [4.69, 9.17) is 4.74 Å². The Kier molecular flexibility index (Phi) is 7.44. The van der Waals surface area contributed by atoms with Gasteiger partial charge in [0.15, 0.2) is 0 Å². The van der Waals surface area contributed by atoms with Crippen LogP contribution in [0.4, 0.5) is 10.5 Å². The number of benzene rings is 2. The third-order valence-electron chi connectivity index (χ3n) is 7.58. The molecule has 2 aromatic carbocycles. The van der Waals surface area contributed by atoms with Gasteiger partial charge in [-0.15, -0.1) is 0 Å². The molecule has 1 atom stereocenters. The Balaban J connectivity index is 1.19. The average Bonchev–Trinajstić information content (AvgIpc) is 3.22. The van der Waals surface area contributed by atoms with Crippen LogP contribution in [0.3, 0.4) is 0 Å². The summed E-state index contributed by atoms with van der Waals surface area (Å²) < 4.78 is 5.45. The van der Waals surface area contributed by atoms with Crippen molar-refractivity contribution in [3.05, 3.63) is 63.7 Å². The molecule has 0 radical (unpaired) electrons. The third kappa shape index (κ3) is 5.56. The first-order valence-corrected chi connectivity index (χ1v) is 13.0. The molecule has 5 rings (SSSR count). The van der Waals surface area contributed by atoms with Crippen molar-refractivity contribution in [2.75, 3.05) is 31.6 Å². The molecule has 10 nitrogen and oxygen atoms in total. The molecule has 2 aromatic rings. The number of nitrogens with zero attached hydrogens (tertiary/aromatic N) is 2. The molecule has 0 spiro atoms. The minimum absolute atomic E-state index is 0.218. The van der Waals surface area contributed by atoms with Gasteiger partial charge in [0.05, 0.1) is 13.2 Å². The molecule has 1 unspecified atom stereocenters. The molecule has 3 aliphatic heterocycles. The maximum atomic E-state index is 13.0. The number of carbonyl (C=O) groups is 4. The lowest BCUT2D eigenvalue weighted by Gasteiger charge is -2.29. The molecule has 5 amide bonds. The molecule has 0 bridgehead atoms. The van der Waals surface area contributed by atoms with Crippen molar-refractivity contribution in [2.45, 2.75) is 52.4 Å². The van der Waals surface area contributed by atoms with Crippen molar-refractivity contribution >= 4 is 29.4 Å². The fourth-order valence-electron chi connectivity index (χ4n) is 5.24. The summed E-state index contributed by atoms with van der Waals surface area (Å²) in [6, 6.07) is 8.50. The van der Waals surface area contributed by atoms with Gasteiger partial charge in [0, 0.05) is 50.4 Å². The van der Waals surface area contributed by atoms with E-state index >= 15 is 0 Å². The van der Waals surface area contributed by atoms with Crippen molar-refractivity contribution in [2.24, 2.45) is 0 Å². The monoisotopic (exact) mass is 519 g/mol. The van der Waals surface area contributed by atoms with Gasteiger partial charge in [0.1, 0.15) is 6.04 Å². The van der Waals surface area contributed by atoms with Gasteiger partial charge < -0.3 is 20.3 Å². The van der Waals surface area contributed by atoms with Crippen LogP contribution in [0.25, 0.3) is 0 Å². The first-order valence-electron chi connectivity index (χ1n) is 13.0. The van der Waals surface area contributed by atoms with E-state index < -0.39 is 11.9 Å². The van der Waals surface area contributed by atoms with Crippen molar-refractivity contribution in [1.82, 2.24) is 20.4 Å². The van der Waals surface area contributed by atoms with E-state index in [1.807, 2.05) is 31.2 Å². The van der Waals surface area contributed by atoms with Crippen molar-refractivity contribution in [1.29, 1.82) is 0 Å². The standard InChI is InChI=1S/C28H33N5O5/c1-17-11-22(13-21(18(17)2)15-32-7-9-38-10-8-32)30-28(37)29-14-19-3-4-20-16-33(27(36)23(20)12-19)24-5-6-25(34)31-26(24)35/h3-4,11-13,24H,5-10,14-16H2,1-2H3,(H2,29,30,37)(H,31,34,35). The third-order valence-corrected chi connectivity index (χ3v) is 7.58. The lowest BCUT2D eigenvalue weighted by molar-refractivity contribution is -0.136. The quantitative estimate of drug-likeness (QED) is 0.504. The van der Waals surface area contributed by atoms with E-state index in [1.165, 1.54) is 16.0 Å². The van der Waals surface area contributed by atoms with Gasteiger partial charge in [-0.2, -0.15) is 0 Å². The lowest BCUT2D eigenvalue weighted by atomic mass is 10.0. The van der Waals surface area contributed by atoms with E-state index in [0.717, 1.165) is 55.2 Å². The second kappa shape index (κ2) is 10.9. The summed E-state index contributed by atoms with van der Waals surface area (Å²) in [6.45, 7) is 8.79. The molecule has 200 valence electrons. The molecule has 2 fully saturated rings. The topological polar surface area (TPSA) is 120 Å². The Labute approximate surface area is 221 Å². The maximum absolute atomic E-state index is 13.0. The number of piperidine rings is 1. The Morgan fingerprint density at radius 1 is 1.11 bits per heavy atom. The van der Waals surface area contributed by atoms with Crippen LogP contribution in [-0.4, -0.2) is 65.9 Å². The minimum atomic E-state index is -0.647. The molecule has 3 N–H and O–H groups in total. The highest BCUT2D eigenvalue weighted by atomic mass is 16.5. The molecule has 3 aliphatic rings. The number of anilines is 1. The number of fused-ring (bicyclic) bond motifs is 1. The molecule has 10 heteroatoms. The number of imide groups is 1. The van der Waals surface area contributed by atoms with Gasteiger partial charge in [0.2, 0.25) is 11.8 Å². The second-order valence-electron chi connectivity index (χ2n) is 10.2. The van der Waals surface area contributed by atoms with Gasteiger partial charge >= 0.3 is 6.03 Å². The van der Waals surface area contributed by atoms with Crippen molar-refractivity contribution in [3.8, 4) is 0 Å². The fraction of sp³-hybridized carbons (Fsp3) is 0.429. The second-order valence-corrected chi connectivity index (χ2v) is 10.2. The molecule has 2 saturated heterocycles. The Morgan fingerprint density at radius 2 is 1.89 bits per heavy atom. The number of hydrogen-bond acceptors (Lipinski definition) is 6. The first-order chi connectivity index (χ1) is 18.3. The van der Waals surface area contributed by atoms with Crippen LogP contribution in [0.5, 0.6) is 0 Å². The van der Waals surface area contributed by atoms with Gasteiger partial charge in [-0.3, -0.25) is 24.6 Å². The number of nitrogens with one attached hydrogen (secondary N) is 3. The predicted octanol–water partition coefficient (Wildman–Crippen LogP) is 2.22. The fourth-order valence-corrected chi connectivity index (χ4v) is 5.24. The van der Waals surface area contributed by atoms with E-state index in [1.54, 1.807) is 6.07 Å². The summed E-state index contributed by atoms with van der Waals surface area (Å²) in [5.41, 5.74) is 6.38. The van der Waals surface area contributed by atoms with Crippen LogP contribution >= 0.6 is 0 Å². The molecular weight excluding hydrogens is 486 g/mol. The van der Waals surface area contributed by atoms with Crippen LogP contribution in [-0.2, 0) is 34.0 Å².